The maximum absolute atomic E-state index is 11.3. The molecule has 0 aliphatic carbocycles. The van der Waals surface area contributed by atoms with Gasteiger partial charge in [0.15, 0.2) is 0 Å². The van der Waals surface area contributed by atoms with Crippen LogP contribution in [0.25, 0.3) is 0 Å². The van der Waals surface area contributed by atoms with Gasteiger partial charge in [-0.2, -0.15) is 0 Å². The van der Waals surface area contributed by atoms with Crippen molar-refractivity contribution in [2.24, 2.45) is 5.92 Å². The highest BCUT2D eigenvalue weighted by molar-refractivity contribution is 5.78. The highest BCUT2D eigenvalue weighted by Crippen LogP contribution is 2.17. The maximum Gasteiger partial charge on any atom is 0.305 e. The van der Waals surface area contributed by atoms with Gasteiger partial charge in [-0.1, -0.05) is 26.2 Å². The largest absolute Gasteiger partial charge is 0.469 e. The van der Waals surface area contributed by atoms with Crippen LogP contribution in [0.1, 0.15) is 58.8 Å². The second-order valence-corrected chi connectivity index (χ2v) is 4.27. The Kier molecular flexibility index (Phi) is 8.87. The Hall–Kier alpha value is -0.860. The van der Waals surface area contributed by atoms with Crippen molar-refractivity contribution in [3.8, 4) is 0 Å². The van der Waals surface area contributed by atoms with Crippen LogP contribution in [0.2, 0.25) is 0 Å². The fraction of sp³-hybridized carbons (Fsp3) is 0.846. The number of methoxy groups -OCH3 is 1. The molecule has 0 heterocycles. The molecule has 0 aliphatic heterocycles. The van der Waals surface area contributed by atoms with Gasteiger partial charge in [0.05, 0.1) is 7.11 Å². The van der Waals surface area contributed by atoms with E-state index in [9.17, 15) is 9.59 Å². The molecule has 0 rings (SSSR count). The van der Waals surface area contributed by atoms with Crippen molar-refractivity contribution in [3.63, 3.8) is 0 Å². The van der Waals surface area contributed by atoms with Crippen LogP contribution in [0.15, 0.2) is 0 Å². The predicted octanol–water partition coefficient (Wildman–Crippen LogP) is 3.12. The van der Waals surface area contributed by atoms with Crippen LogP contribution in [0.4, 0.5) is 0 Å². The number of ketones is 1. The van der Waals surface area contributed by atoms with Gasteiger partial charge in [-0.3, -0.25) is 9.59 Å². The van der Waals surface area contributed by atoms with E-state index in [0.717, 1.165) is 38.5 Å². The molecule has 0 aromatic carbocycles. The first-order valence-electron chi connectivity index (χ1n) is 6.19. The Morgan fingerprint density at radius 1 is 1.12 bits per heavy atom. The summed E-state index contributed by atoms with van der Waals surface area (Å²) in [5.41, 5.74) is 0. The van der Waals surface area contributed by atoms with E-state index in [0.29, 0.717) is 6.42 Å². The predicted molar refractivity (Wildman–Crippen MR) is 64.2 cm³/mol. The minimum absolute atomic E-state index is 0.159. The number of hydrogen-bond donors (Lipinski definition) is 0. The molecule has 1 atom stereocenters. The molecule has 0 spiro atoms. The van der Waals surface area contributed by atoms with E-state index >= 15 is 0 Å². The molecule has 0 saturated carbocycles. The molecule has 0 amide bonds. The van der Waals surface area contributed by atoms with Gasteiger partial charge >= 0.3 is 5.97 Å². The lowest BCUT2D eigenvalue weighted by Crippen LogP contribution is -2.11. The van der Waals surface area contributed by atoms with Crippen molar-refractivity contribution in [2.45, 2.75) is 58.8 Å². The molecular formula is C13H24O3. The molecule has 0 saturated heterocycles. The van der Waals surface area contributed by atoms with Crippen molar-refractivity contribution < 1.29 is 14.3 Å². The number of carbonyl (C=O) groups is 2. The topological polar surface area (TPSA) is 43.4 Å². The maximum atomic E-state index is 11.3. The summed E-state index contributed by atoms with van der Waals surface area (Å²) in [7, 11) is 1.40. The molecule has 0 N–H and O–H groups in total. The monoisotopic (exact) mass is 228 g/mol. The van der Waals surface area contributed by atoms with Gasteiger partial charge in [-0.05, 0) is 26.2 Å². The van der Waals surface area contributed by atoms with Crippen molar-refractivity contribution in [3.05, 3.63) is 0 Å². The van der Waals surface area contributed by atoms with E-state index < -0.39 is 0 Å². The van der Waals surface area contributed by atoms with Gasteiger partial charge in [0.1, 0.15) is 5.78 Å². The second kappa shape index (κ2) is 9.37. The first kappa shape index (κ1) is 15.1. The van der Waals surface area contributed by atoms with E-state index in [1.54, 1.807) is 6.92 Å². The highest BCUT2D eigenvalue weighted by Gasteiger charge is 2.13. The minimum atomic E-state index is -0.159. The van der Waals surface area contributed by atoms with Crippen molar-refractivity contribution in [1.29, 1.82) is 0 Å². The van der Waals surface area contributed by atoms with Crippen LogP contribution in [-0.4, -0.2) is 18.9 Å². The summed E-state index contributed by atoms with van der Waals surface area (Å²) < 4.78 is 4.56. The van der Waals surface area contributed by atoms with Crippen LogP contribution < -0.4 is 0 Å². The number of ether oxygens (including phenoxy) is 1. The zero-order chi connectivity index (χ0) is 12.4. The molecule has 0 radical (unpaired) electrons. The standard InChI is InChI=1S/C13H24O3/c1-4-5-8-12(11(2)14)9-6-7-10-13(15)16-3/h12H,4-10H2,1-3H3. The Balaban J connectivity index is 3.67. The molecule has 0 aromatic rings. The lowest BCUT2D eigenvalue weighted by Gasteiger charge is -2.12. The SMILES string of the molecule is CCCCC(CCCCC(=O)OC)C(C)=O. The van der Waals surface area contributed by atoms with Crippen molar-refractivity contribution in [2.75, 3.05) is 7.11 Å². The summed E-state index contributed by atoms with van der Waals surface area (Å²) in [6.45, 7) is 3.80. The third-order valence-electron chi connectivity index (χ3n) is 2.89. The van der Waals surface area contributed by atoms with E-state index in [1.807, 2.05) is 0 Å². The summed E-state index contributed by atoms with van der Waals surface area (Å²) in [5.74, 6) is 0.317. The van der Waals surface area contributed by atoms with E-state index in [2.05, 4.69) is 11.7 Å². The van der Waals surface area contributed by atoms with Gasteiger partial charge in [0.2, 0.25) is 0 Å². The first-order chi connectivity index (χ1) is 7.61. The number of rotatable bonds is 9. The first-order valence-corrected chi connectivity index (χ1v) is 6.19. The van der Waals surface area contributed by atoms with Gasteiger partial charge < -0.3 is 4.74 Å². The lowest BCUT2D eigenvalue weighted by molar-refractivity contribution is -0.140. The molecule has 3 heteroatoms. The molecule has 94 valence electrons. The van der Waals surface area contributed by atoms with Crippen LogP contribution >= 0.6 is 0 Å². The minimum Gasteiger partial charge on any atom is -0.469 e. The average Bonchev–Trinajstić information content (AvgIpc) is 2.27. The fourth-order valence-electron chi connectivity index (χ4n) is 1.76. The number of esters is 1. The summed E-state index contributed by atoms with van der Waals surface area (Å²) in [4.78, 5) is 22.2. The summed E-state index contributed by atoms with van der Waals surface area (Å²) >= 11 is 0. The summed E-state index contributed by atoms with van der Waals surface area (Å²) in [6.07, 6.45) is 6.37. The van der Waals surface area contributed by atoms with Crippen LogP contribution in [0, 0.1) is 5.92 Å². The van der Waals surface area contributed by atoms with E-state index in [4.69, 9.17) is 0 Å². The molecule has 0 fully saturated rings. The molecule has 16 heavy (non-hydrogen) atoms. The number of unbranched alkanes of at least 4 members (excludes halogenated alkanes) is 2. The zero-order valence-corrected chi connectivity index (χ0v) is 10.8. The molecular weight excluding hydrogens is 204 g/mol. The number of carbonyl (C=O) groups excluding carboxylic acids is 2. The summed E-state index contributed by atoms with van der Waals surface area (Å²) in [5, 5.41) is 0. The Morgan fingerprint density at radius 3 is 2.25 bits per heavy atom. The fourth-order valence-corrected chi connectivity index (χ4v) is 1.76. The molecule has 0 bridgehead atoms. The Morgan fingerprint density at radius 2 is 1.75 bits per heavy atom. The molecule has 0 aromatic heterocycles. The van der Waals surface area contributed by atoms with Gasteiger partial charge in [-0.15, -0.1) is 0 Å². The Bertz CT molecular complexity index is 211. The van der Waals surface area contributed by atoms with Gasteiger partial charge in [0.25, 0.3) is 0 Å². The highest BCUT2D eigenvalue weighted by atomic mass is 16.5. The number of Topliss-reactive ketones (excluding diaryl/α,β-unsaturated/α-hetero) is 1. The van der Waals surface area contributed by atoms with Crippen LogP contribution in [0.5, 0.6) is 0 Å². The average molecular weight is 228 g/mol. The third-order valence-corrected chi connectivity index (χ3v) is 2.89. The van der Waals surface area contributed by atoms with E-state index in [-0.39, 0.29) is 17.7 Å². The van der Waals surface area contributed by atoms with Gasteiger partial charge in [0, 0.05) is 12.3 Å². The molecule has 1 unspecified atom stereocenters. The Labute approximate surface area is 98.6 Å². The normalized spacial score (nSPS) is 12.2. The smallest absolute Gasteiger partial charge is 0.305 e. The van der Waals surface area contributed by atoms with Gasteiger partial charge in [-0.25, -0.2) is 0 Å². The molecule has 0 aliphatic rings. The van der Waals surface area contributed by atoms with Crippen LogP contribution in [-0.2, 0) is 14.3 Å². The zero-order valence-electron chi connectivity index (χ0n) is 10.8. The van der Waals surface area contributed by atoms with Crippen molar-refractivity contribution in [1.82, 2.24) is 0 Å². The molecule has 3 nitrogen and oxygen atoms in total. The van der Waals surface area contributed by atoms with Crippen LogP contribution in [0.3, 0.4) is 0 Å². The van der Waals surface area contributed by atoms with Crippen molar-refractivity contribution >= 4 is 11.8 Å². The lowest BCUT2D eigenvalue weighted by atomic mass is 9.92. The number of hydrogen-bond acceptors (Lipinski definition) is 3. The second-order valence-electron chi connectivity index (χ2n) is 4.27. The third kappa shape index (κ3) is 7.43. The quantitative estimate of drug-likeness (QED) is 0.450. The van der Waals surface area contributed by atoms with E-state index in [1.165, 1.54) is 7.11 Å². The summed E-state index contributed by atoms with van der Waals surface area (Å²) in [6, 6.07) is 0.